The summed E-state index contributed by atoms with van der Waals surface area (Å²) in [5, 5.41) is 12.8. The number of aromatic nitrogens is 1. The summed E-state index contributed by atoms with van der Waals surface area (Å²) in [6, 6.07) is 0. The molecule has 2 heterocycles. The highest BCUT2D eigenvalue weighted by Crippen LogP contribution is 2.41. The van der Waals surface area contributed by atoms with Crippen molar-refractivity contribution in [1.82, 2.24) is 4.98 Å². The van der Waals surface area contributed by atoms with Gasteiger partial charge in [-0.2, -0.15) is 11.8 Å². The van der Waals surface area contributed by atoms with Crippen molar-refractivity contribution in [3.8, 4) is 0 Å². The lowest BCUT2D eigenvalue weighted by Crippen LogP contribution is -2.47. The molecule has 0 unspecified atom stereocenters. The van der Waals surface area contributed by atoms with Gasteiger partial charge in [-0.15, -0.1) is 11.3 Å². The summed E-state index contributed by atoms with van der Waals surface area (Å²) in [5.41, 5.74) is 1.23. The molecule has 5 heteroatoms. The molecule has 17 heavy (non-hydrogen) atoms. The Morgan fingerprint density at radius 3 is 2.94 bits per heavy atom. The number of hydrogen-bond acceptors (Lipinski definition) is 5. The summed E-state index contributed by atoms with van der Waals surface area (Å²) in [7, 11) is 0. The Kier molecular flexibility index (Phi) is 3.43. The summed E-state index contributed by atoms with van der Waals surface area (Å²) in [5.74, 6) is 2.70. The number of rotatable bonds is 6. The number of thiazole rings is 1. The van der Waals surface area contributed by atoms with E-state index in [1.54, 1.807) is 11.3 Å². The van der Waals surface area contributed by atoms with Crippen LogP contribution in [0.4, 0.5) is 0 Å². The number of aliphatic hydroxyl groups is 1. The molecule has 1 saturated carbocycles. The first kappa shape index (κ1) is 12.0. The molecule has 0 bridgehead atoms. The predicted molar refractivity (Wildman–Crippen MR) is 70.6 cm³/mol. The van der Waals surface area contributed by atoms with E-state index in [0.29, 0.717) is 13.2 Å². The molecular weight excluding hydrogens is 254 g/mol. The molecule has 2 aliphatic rings. The summed E-state index contributed by atoms with van der Waals surface area (Å²) >= 11 is 3.67. The van der Waals surface area contributed by atoms with Crippen molar-refractivity contribution in [3.63, 3.8) is 0 Å². The summed E-state index contributed by atoms with van der Waals surface area (Å²) in [6.45, 7) is 1.66. The van der Waals surface area contributed by atoms with Crippen LogP contribution in [0.25, 0.3) is 0 Å². The lowest BCUT2D eigenvalue weighted by atomic mass is 9.90. The molecule has 3 nitrogen and oxygen atoms in total. The number of ether oxygens (including phenoxy) is 1. The Labute approximate surface area is 110 Å². The Morgan fingerprint density at radius 1 is 1.53 bits per heavy atom. The van der Waals surface area contributed by atoms with E-state index in [1.165, 1.54) is 23.5 Å². The van der Waals surface area contributed by atoms with Gasteiger partial charge in [0, 0.05) is 28.2 Å². The summed E-state index contributed by atoms with van der Waals surface area (Å²) in [6.07, 6.45) is 2.65. The molecule has 1 aromatic heterocycles. The van der Waals surface area contributed by atoms with Crippen molar-refractivity contribution in [2.45, 2.75) is 24.5 Å². The summed E-state index contributed by atoms with van der Waals surface area (Å²) in [4.78, 5) is 4.67. The minimum atomic E-state index is 0.0278. The van der Waals surface area contributed by atoms with Crippen molar-refractivity contribution in [3.05, 3.63) is 16.1 Å². The van der Waals surface area contributed by atoms with Gasteiger partial charge in [0.05, 0.1) is 30.5 Å². The Balaban J connectivity index is 1.46. The van der Waals surface area contributed by atoms with Crippen LogP contribution in [0, 0.1) is 5.41 Å². The van der Waals surface area contributed by atoms with Crippen molar-refractivity contribution in [1.29, 1.82) is 0 Å². The van der Waals surface area contributed by atoms with Crippen LogP contribution in [-0.2, 0) is 10.5 Å². The monoisotopic (exact) mass is 271 g/mol. The lowest BCUT2D eigenvalue weighted by Gasteiger charge is -2.39. The van der Waals surface area contributed by atoms with Gasteiger partial charge in [0.25, 0.3) is 0 Å². The van der Waals surface area contributed by atoms with Crippen LogP contribution in [0.5, 0.6) is 0 Å². The molecule has 2 fully saturated rings. The van der Waals surface area contributed by atoms with Crippen LogP contribution in [0.15, 0.2) is 5.38 Å². The molecule has 0 spiro atoms. The SMILES string of the molecule is OCC1(CSCc2csc(C3CC3)n2)COC1. The van der Waals surface area contributed by atoms with E-state index in [-0.39, 0.29) is 12.0 Å². The minimum absolute atomic E-state index is 0.0278. The molecule has 1 aliphatic heterocycles. The highest BCUT2D eigenvalue weighted by Gasteiger charge is 2.37. The topological polar surface area (TPSA) is 42.4 Å². The van der Waals surface area contributed by atoms with Gasteiger partial charge in [-0.3, -0.25) is 0 Å². The molecule has 0 radical (unpaired) electrons. The van der Waals surface area contributed by atoms with Crippen LogP contribution < -0.4 is 0 Å². The first-order valence-corrected chi connectivity index (χ1v) is 8.05. The Hall–Kier alpha value is -0.100. The average molecular weight is 271 g/mol. The van der Waals surface area contributed by atoms with Gasteiger partial charge in [-0.1, -0.05) is 0 Å². The van der Waals surface area contributed by atoms with Crippen LogP contribution in [0.1, 0.15) is 29.5 Å². The van der Waals surface area contributed by atoms with Gasteiger partial charge < -0.3 is 9.84 Å². The van der Waals surface area contributed by atoms with E-state index in [0.717, 1.165) is 17.4 Å². The zero-order valence-corrected chi connectivity index (χ0v) is 11.4. The van der Waals surface area contributed by atoms with E-state index in [1.807, 2.05) is 11.8 Å². The van der Waals surface area contributed by atoms with Crippen molar-refractivity contribution in [2.75, 3.05) is 25.6 Å². The molecule has 0 amide bonds. The first-order valence-electron chi connectivity index (χ1n) is 6.02. The van der Waals surface area contributed by atoms with E-state index < -0.39 is 0 Å². The largest absolute Gasteiger partial charge is 0.396 e. The Bertz CT molecular complexity index is 380. The smallest absolute Gasteiger partial charge is 0.0959 e. The molecule has 1 aliphatic carbocycles. The van der Waals surface area contributed by atoms with E-state index in [2.05, 4.69) is 10.4 Å². The maximum atomic E-state index is 9.31. The van der Waals surface area contributed by atoms with Crippen LogP contribution in [0.2, 0.25) is 0 Å². The van der Waals surface area contributed by atoms with Crippen LogP contribution in [0.3, 0.4) is 0 Å². The van der Waals surface area contributed by atoms with Gasteiger partial charge in [0.2, 0.25) is 0 Å². The first-order chi connectivity index (χ1) is 8.31. The molecule has 94 valence electrons. The second-order valence-corrected chi connectivity index (χ2v) is 6.97. The van der Waals surface area contributed by atoms with Gasteiger partial charge in [0.1, 0.15) is 0 Å². The number of aliphatic hydroxyl groups excluding tert-OH is 1. The third kappa shape index (κ3) is 2.67. The van der Waals surface area contributed by atoms with E-state index >= 15 is 0 Å². The van der Waals surface area contributed by atoms with Gasteiger partial charge in [-0.25, -0.2) is 4.98 Å². The minimum Gasteiger partial charge on any atom is -0.396 e. The van der Waals surface area contributed by atoms with Crippen molar-refractivity contribution >= 4 is 23.1 Å². The van der Waals surface area contributed by atoms with Gasteiger partial charge >= 0.3 is 0 Å². The standard InChI is InChI=1S/C12H17NO2S2/c14-5-12(6-15-7-12)8-16-3-10-4-17-11(13-10)9-1-2-9/h4,9,14H,1-3,5-8H2. The maximum absolute atomic E-state index is 9.31. The van der Waals surface area contributed by atoms with Gasteiger partial charge in [0.15, 0.2) is 0 Å². The normalized spacial score (nSPS) is 22.4. The number of nitrogens with zero attached hydrogens (tertiary/aromatic N) is 1. The van der Waals surface area contributed by atoms with Crippen molar-refractivity contribution < 1.29 is 9.84 Å². The molecular formula is C12H17NO2S2. The fraction of sp³-hybridized carbons (Fsp3) is 0.750. The predicted octanol–water partition coefficient (Wildman–Crippen LogP) is 2.26. The second kappa shape index (κ2) is 4.88. The highest BCUT2D eigenvalue weighted by molar-refractivity contribution is 7.98. The number of hydrogen-bond donors (Lipinski definition) is 1. The zero-order chi connectivity index (χ0) is 11.7. The van der Waals surface area contributed by atoms with E-state index in [9.17, 15) is 5.11 Å². The van der Waals surface area contributed by atoms with Crippen molar-refractivity contribution in [2.24, 2.45) is 5.41 Å². The summed E-state index contributed by atoms with van der Waals surface area (Å²) < 4.78 is 5.19. The molecule has 1 saturated heterocycles. The molecule has 1 aromatic rings. The molecule has 3 rings (SSSR count). The fourth-order valence-corrected chi connectivity index (χ4v) is 4.14. The number of thioether (sulfide) groups is 1. The molecule has 1 N–H and O–H groups in total. The fourth-order valence-electron chi connectivity index (χ4n) is 1.89. The lowest BCUT2D eigenvalue weighted by molar-refractivity contribution is -0.121. The van der Waals surface area contributed by atoms with Gasteiger partial charge in [-0.05, 0) is 12.8 Å². The second-order valence-electron chi connectivity index (χ2n) is 5.10. The van der Waals surface area contributed by atoms with E-state index in [4.69, 9.17) is 4.74 Å². The van der Waals surface area contributed by atoms with Crippen LogP contribution in [-0.4, -0.2) is 35.7 Å². The highest BCUT2D eigenvalue weighted by atomic mass is 32.2. The Morgan fingerprint density at radius 2 is 2.35 bits per heavy atom. The van der Waals surface area contributed by atoms with Crippen LogP contribution >= 0.6 is 23.1 Å². The quantitative estimate of drug-likeness (QED) is 0.862. The maximum Gasteiger partial charge on any atom is 0.0959 e. The molecule has 0 atom stereocenters. The average Bonchev–Trinajstić information content (AvgIpc) is 3.03. The zero-order valence-electron chi connectivity index (χ0n) is 9.72. The third-order valence-corrected chi connectivity index (χ3v) is 5.68. The third-order valence-electron chi connectivity index (χ3n) is 3.31. The molecule has 0 aromatic carbocycles.